The minimum absolute atomic E-state index is 0.239. The number of unbranched alkanes of at least 4 members (excludes halogenated alkanes) is 1. The van der Waals surface area contributed by atoms with Gasteiger partial charge < -0.3 is 14.5 Å². The number of carbonyl (C=O) groups excluding carboxylic acids is 1. The van der Waals surface area contributed by atoms with Gasteiger partial charge in [0.15, 0.2) is 5.82 Å². The summed E-state index contributed by atoms with van der Waals surface area (Å²) < 4.78 is 5.51. The van der Waals surface area contributed by atoms with Gasteiger partial charge in [-0.3, -0.25) is 4.79 Å². The summed E-state index contributed by atoms with van der Waals surface area (Å²) in [5, 5.41) is 8.91. The normalized spacial score (nSPS) is 21.2. The summed E-state index contributed by atoms with van der Waals surface area (Å²) in [6.07, 6.45) is 8.55. The second-order valence-electron chi connectivity index (χ2n) is 9.41. The van der Waals surface area contributed by atoms with Gasteiger partial charge in [-0.05, 0) is 74.9 Å². The highest BCUT2D eigenvalue weighted by Crippen LogP contribution is 2.33. The fourth-order valence-corrected chi connectivity index (χ4v) is 5.14. The maximum absolute atomic E-state index is 13.1. The summed E-state index contributed by atoms with van der Waals surface area (Å²) in [6.45, 7) is 8.08. The lowest BCUT2D eigenvalue weighted by atomic mass is 9.79. The molecule has 2 fully saturated rings. The summed E-state index contributed by atoms with van der Waals surface area (Å²) in [4.78, 5) is 17.4. The van der Waals surface area contributed by atoms with Crippen LogP contribution in [0.25, 0.3) is 11.3 Å². The molecule has 0 unspecified atom stereocenters. The maximum Gasteiger partial charge on any atom is 0.225 e. The fourth-order valence-electron chi connectivity index (χ4n) is 5.14. The maximum atomic E-state index is 13.1. The van der Waals surface area contributed by atoms with E-state index in [2.05, 4.69) is 26.9 Å². The Labute approximate surface area is 198 Å². The van der Waals surface area contributed by atoms with Gasteiger partial charge in [0.2, 0.25) is 5.91 Å². The van der Waals surface area contributed by atoms with Crippen LogP contribution in [0.4, 0.5) is 5.82 Å². The van der Waals surface area contributed by atoms with Crippen molar-refractivity contribution in [3.8, 4) is 17.0 Å². The number of benzene rings is 1. The highest BCUT2D eigenvalue weighted by atomic mass is 16.5. The Balaban J connectivity index is 1.26. The Morgan fingerprint density at radius 3 is 2.27 bits per heavy atom. The number of ether oxygens (including phenoxy) is 1. The molecule has 1 saturated carbocycles. The van der Waals surface area contributed by atoms with Crippen LogP contribution < -0.4 is 9.64 Å². The predicted molar refractivity (Wildman–Crippen MR) is 132 cm³/mol. The van der Waals surface area contributed by atoms with Crippen LogP contribution in [0.1, 0.15) is 58.8 Å². The van der Waals surface area contributed by atoms with Gasteiger partial charge in [0.25, 0.3) is 0 Å². The number of carbonyl (C=O) groups is 1. The topological polar surface area (TPSA) is 58.6 Å². The van der Waals surface area contributed by atoms with Crippen LogP contribution >= 0.6 is 0 Å². The molecule has 0 radical (unpaired) electrons. The summed E-state index contributed by atoms with van der Waals surface area (Å²) in [5.74, 6) is 3.20. The standard InChI is InChI=1S/C27H38N4O2/c1-3-5-6-21-7-9-23(10-8-21)27(32)31-19-17-30(18-20-31)26-16-15-25(28-29-26)22-11-13-24(14-12-22)33-4-2/h11-16,21,23H,3-10,17-20H2,1-2H3. The Morgan fingerprint density at radius 2 is 1.67 bits per heavy atom. The molecule has 0 N–H and O–H groups in total. The number of hydrogen-bond acceptors (Lipinski definition) is 5. The smallest absolute Gasteiger partial charge is 0.225 e. The third-order valence-corrected chi connectivity index (χ3v) is 7.19. The molecule has 0 bridgehead atoms. The highest BCUT2D eigenvalue weighted by Gasteiger charge is 2.31. The second-order valence-corrected chi connectivity index (χ2v) is 9.41. The van der Waals surface area contributed by atoms with E-state index in [9.17, 15) is 4.79 Å². The molecule has 4 rings (SSSR count). The highest BCUT2D eigenvalue weighted by molar-refractivity contribution is 5.79. The fraction of sp³-hybridized carbons (Fsp3) is 0.593. The third kappa shape index (κ3) is 6.04. The first-order valence-corrected chi connectivity index (χ1v) is 12.8. The number of nitrogens with zero attached hydrogens (tertiary/aromatic N) is 4. The van der Waals surface area contributed by atoms with Crippen LogP contribution in [-0.2, 0) is 4.79 Å². The Bertz CT molecular complexity index is 868. The lowest BCUT2D eigenvalue weighted by molar-refractivity contribution is -0.137. The Hall–Kier alpha value is -2.63. The van der Waals surface area contributed by atoms with E-state index in [1.54, 1.807) is 0 Å². The molecular weight excluding hydrogens is 412 g/mol. The first-order chi connectivity index (χ1) is 16.2. The predicted octanol–water partition coefficient (Wildman–Crippen LogP) is 5.19. The second kappa shape index (κ2) is 11.5. The van der Waals surface area contributed by atoms with Gasteiger partial charge in [-0.2, -0.15) is 0 Å². The Kier molecular flexibility index (Phi) is 8.19. The number of amides is 1. The summed E-state index contributed by atoms with van der Waals surface area (Å²) in [6, 6.07) is 12.0. The summed E-state index contributed by atoms with van der Waals surface area (Å²) >= 11 is 0. The van der Waals surface area contributed by atoms with E-state index in [-0.39, 0.29) is 5.92 Å². The molecule has 33 heavy (non-hydrogen) atoms. The van der Waals surface area contributed by atoms with Gasteiger partial charge in [0.1, 0.15) is 5.75 Å². The Morgan fingerprint density at radius 1 is 0.939 bits per heavy atom. The molecule has 2 aromatic rings. The van der Waals surface area contributed by atoms with Crippen LogP contribution in [0.3, 0.4) is 0 Å². The van der Waals surface area contributed by atoms with Gasteiger partial charge in [-0.15, -0.1) is 10.2 Å². The van der Waals surface area contributed by atoms with Crippen LogP contribution in [0.15, 0.2) is 36.4 Å². The minimum Gasteiger partial charge on any atom is -0.494 e. The molecule has 1 aliphatic carbocycles. The molecule has 1 aliphatic heterocycles. The third-order valence-electron chi connectivity index (χ3n) is 7.19. The summed E-state index contributed by atoms with van der Waals surface area (Å²) in [5.41, 5.74) is 1.88. The quantitative estimate of drug-likeness (QED) is 0.554. The van der Waals surface area contributed by atoms with Gasteiger partial charge >= 0.3 is 0 Å². The number of hydrogen-bond donors (Lipinski definition) is 0. The first-order valence-electron chi connectivity index (χ1n) is 12.8. The van der Waals surface area contributed by atoms with Gasteiger partial charge in [-0.25, -0.2) is 0 Å². The molecule has 1 aromatic heterocycles. The molecule has 6 nitrogen and oxygen atoms in total. The molecular formula is C27H38N4O2. The molecule has 178 valence electrons. The van der Waals surface area contributed by atoms with Crippen LogP contribution in [0.2, 0.25) is 0 Å². The zero-order valence-electron chi connectivity index (χ0n) is 20.2. The minimum atomic E-state index is 0.239. The van der Waals surface area contributed by atoms with Crippen molar-refractivity contribution in [1.82, 2.24) is 15.1 Å². The summed E-state index contributed by atoms with van der Waals surface area (Å²) in [7, 11) is 0. The molecule has 1 saturated heterocycles. The largest absolute Gasteiger partial charge is 0.494 e. The van der Waals surface area contributed by atoms with Crippen LogP contribution in [-0.4, -0.2) is 53.8 Å². The number of piperazine rings is 1. The molecule has 6 heteroatoms. The van der Waals surface area contributed by atoms with Crippen molar-refractivity contribution in [1.29, 1.82) is 0 Å². The SMILES string of the molecule is CCCCC1CCC(C(=O)N2CCN(c3ccc(-c4ccc(OCC)cc4)nn3)CC2)CC1. The van der Waals surface area contributed by atoms with E-state index in [1.165, 1.54) is 32.1 Å². The first kappa shape index (κ1) is 23.5. The van der Waals surface area contributed by atoms with Gasteiger partial charge in [0, 0.05) is 37.7 Å². The van der Waals surface area contributed by atoms with E-state index in [1.807, 2.05) is 43.3 Å². The van der Waals surface area contributed by atoms with E-state index in [0.717, 1.165) is 67.8 Å². The van der Waals surface area contributed by atoms with Crippen molar-refractivity contribution in [2.24, 2.45) is 11.8 Å². The van der Waals surface area contributed by atoms with Crippen molar-refractivity contribution in [3.63, 3.8) is 0 Å². The van der Waals surface area contributed by atoms with Crippen molar-refractivity contribution < 1.29 is 9.53 Å². The number of rotatable bonds is 8. The van der Waals surface area contributed by atoms with Crippen LogP contribution in [0, 0.1) is 11.8 Å². The zero-order valence-corrected chi connectivity index (χ0v) is 20.2. The van der Waals surface area contributed by atoms with Gasteiger partial charge in [-0.1, -0.05) is 26.2 Å². The van der Waals surface area contributed by atoms with Crippen molar-refractivity contribution in [2.45, 2.75) is 58.8 Å². The average molecular weight is 451 g/mol. The van der Waals surface area contributed by atoms with Crippen molar-refractivity contribution in [3.05, 3.63) is 36.4 Å². The van der Waals surface area contributed by atoms with E-state index in [4.69, 9.17) is 4.74 Å². The lowest BCUT2D eigenvalue weighted by Gasteiger charge is -2.38. The van der Waals surface area contributed by atoms with E-state index in [0.29, 0.717) is 12.5 Å². The van der Waals surface area contributed by atoms with Gasteiger partial charge in [0.05, 0.1) is 12.3 Å². The lowest BCUT2D eigenvalue weighted by Crippen LogP contribution is -2.51. The van der Waals surface area contributed by atoms with Crippen LogP contribution in [0.5, 0.6) is 5.75 Å². The number of anilines is 1. The monoisotopic (exact) mass is 450 g/mol. The average Bonchev–Trinajstić information content (AvgIpc) is 2.88. The molecule has 0 spiro atoms. The molecule has 1 aromatic carbocycles. The zero-order chi connectivity index (χ0) is 23.0. The van der Waals surface area contributed by atoms with E-state index >= 15 is 0 Å². The van der Waals surface area contributed by atoms with Crippen molar-refractivity contribution >= 4 is 11.7 Å². The molecule has 2 aliphatic rings. The number of aromatic nitrogens is 2. The molecule has 1 amide bonds. The molecule has 0 atom stereocenters. The molecule has 2 heterocycles. The van der Waals surface area contributed by atoms with E-state index < -0.39 is 0 Å². The van der Waals surface area contributed by atoms with Crippen molar-refractivity contribution in [2.75, 3.05) is 37.7 Å².